The summed E-state index contributed by atoms with van der Waals surface area (Å²) in [5.41, 5.74) is 0.722. The summed E-state index contributed by atoms with van der Waals surface area (Å²) in [6.07, 6.45) is 0. The molecular weight excluding hydrogens is 262 g/mol. The Kier molecular flexibility index (Phi) is 4.46. The van der Waals surface area contributed by atoms with E-state index in [-0.39, 0.29) is 6.04 Å². The molecular formula is C13H20ClN5. The SMILES string of the molecule is Cc1nc(Cl)c(C(C#N)N2CCN(C(C)C)CC2)[nH]1. The predicted octanol–water partition coefficient (Wildman–Crippen LogP) is 1.96. The van der Waals surface area contributed by atoms with Crippen molar-refractivity contribution < 1.29 is 0 Å². The van der Waals surface area contributed by atoms with E-state index in [0.29, 0.717) is 11.2 Å². The molecule has 1 fully saturated rings. The van der Waals surface area contributed by atoms with Gasteiger partial charge in [0.05, 0.1) is 11.8 Å². The van der Waals surface area contributed by atoms with Crippen LogP contribution in [0.15, 0.2) is 0 Å². The number of aromatic amines is 1. The summed E-state index contributed by atoms with van der Waals surface area (Å²) in [5.74, 6) is 0.751. The summed E-state index contributed by atoms with van der Waals surface area (Å²) >= 11 is 6.09. The number of nitrogens with one attached hydrogen (secondary N) is 1. The van der Waals surface area contributed by atoms with Crippen LogP contribution in [0.2, 0.25) is 5.15 Å². The Bertz CT molecular complexity index is 468. The van der Waals surface area contributed by atoms with Gasteiger partial charge in [0.25, 0.3) is 0 Å². The molecule has 5 nitrogen and oxygen atoms in total. The van der Waals surface area contributed by atoms with Gasteiger partial charge in [0.2, 0.25) is 0 Å². The van der Waals surface area contributed by atoms with Crippen LogP contribution in [0, 0.1) is 18.3 Å². The molecule has 0 aromatic carbocycles. The van der Waals surface area contributed by atoms with E-state index in [1.165, 1.54) is 0 Å². The summed E-state index contributed by atoms with van der Waals surface area (Å²) < 4.78 is 0. The van der Waals surface area contributed by atoms with Crippen molar-refractivity contribution in [2.24, 2.45) is 0 Å². The van der Waals surface area contributed by atoms with E-state index in [1.807, 2.05) is 6.92 Å². The van der Waals surface area contributed by atoms with Gasteiger partial charge in [0.15, 0.2) is 5.15 Å². The molecule has 0 aliphatic carbocycles. The Balaban J connectivity index is 2.08. The maximum Gasteiger partial charge on any atom is 0.153 e. The maximum atomic E-state index is 9.43. The highest BCUT2D eigenvalue weighted by molar-refractivity contribution is 6.30. The average Bonchev–Trinajstić information content (AvgIpc) is 2.70. The lowest BCUT2D eigenvalue weighted by Crippen LogP contribution is -2.49. The summed E-state index contributed by atoms with van der Waals surface area (Å²) in [4.78, 5) is 11.8. The number of piperazine rings is 1. The second-order valence-corrected chi connectivity index (χ2v) is 5.58. The van der Waals surface area contributed by atoms with Gasteiger partial charge in [-0.25, -0.2) is 4.98 Å². The number of aryl methyl sites for hydroxylation is 1. The van der Waals surface area contributed by atoms with Crippen LogP contribution in [0.25, 0.3) is 0 Å². The first-order chi connectivity index (χ1) is 9.02. The van der Waals surface area contributed by atoms with Gasteiger partial charge in [-0.2, -0.15) is 5.26 Å². The van der Waals surface area contributed by atoms with Gasteiger partial charge in [-0.15, -0.1) is 0 Å². The zero-order chi connectivity index (χ0) is 14.0. The Morgan fingerprint density at radius 3 is 2.26 bits per heavy atom. The van der Waals surface area contributed by atoms with Gasteiger partial charge >= 0.3 is 0 Å². The average molecular weight is 282 g/mol. The summed E-state index contributed by atoms with van der Waals surface area (Å²) in [6.45, 7) is 9.98. The molecule has 0 amide bonds. The van der Waals surface area contributed by atoms with Crippen molar-refractivity contribution in [1.29, 1.82) is 5.26 Å². The number of nitrogens with zero attached hydrogens (tertiary/aromatic N) is 4. The zero-order valence-electron chi connectivity index (χ0n) is 11.6. The Morgan fingerprint density at radius 1 is 1.26 bits per heavy atom. The molecule has 1 aromatic rings. The second-order valence-electron chi connectivity index (χ2n) is 5.22. The number of rotatable bonds is 3. The molecule has 2 rings (SSSR count). The molecule has 1 N–H and O–H groups in total. The van der Waals surface area contributed by atoms with Crippen molar-refractivity contribution in [2.45, 2.75) is 32.9 Å². The molecule has 2 heterocycles. The highest BCUT2D eigenvalue weighted by atomic mass is 35.5. The van der Waals surface area contributed by atoms with Crippen LogP contribution in [0.5, 0.6) is 0 Å². The van der Waals surface area contributed by atoms with Crippen molar-refractivity contribution in [2.75, 3.05) is 26.2 Å². The molecule has 0 saturated carbocycles. The summed E-state index contributed by atoms with van der Waals surface area (Å²) in [7, 11) is 0. The molecule has 1 saturated heterocycles. The maximum absolute atomic E-state index is 9.43. The van der Waals surface area contributed by atoms with Crippen molar-refractivity contribution in [3.05, 3.63) is 16.7 Å². The van der Waals surface area contributed by atoms with Gasteiger partial charge < -0.3 is 4.98 Å². The lowest BCUT2D eigenvalue weighted by atomic mass is 10.1. The highest BCUT2D eigenvalue weighted by Crippen LogP contribution is 2.26. The van der Waals surface area contributed by atoms with Crippen LogP contribution in [-0.4, -0.2) is 52.0 Å². The van der Waals surface area contributed by atoms with Gasteiger partial charge in [0, 0.05) is 32.2 Å². The number of imidazole rings is 1. The lowest BCUT2D eigenvalue weighted by molar-refractivity contribution is 0.0922. The number of hydrogen-bond donors (Lipinski definition) is 1. The topological polar surface area (TPSA) is 59.0 Å². The van der Waals surface area contributed by atoms with E-state index in [2.05, 4.69) is 39.7 Å². The van der Waals surface area contributed by atoms with Crippen LogP contribution >= 0.6 is 11.6 Å². The van der Waals surface area contributed by atoms with E-state index < -0.39 is 0 Å². The first-order valence-corrected chi connectivity index (χ1v) is 7.00. The van der Waals surface area contributed by atoms with E-state index in [4.69, 9.17) is 11.6 Å². The van der Waals surface area contributed by atoms with Gasteiger partial charge in [0.1, 0.15) is 11.9 Å². The molecule has 104 valence electrons. The fraction of sp³-hybridized carbons (Fsp3) is 0.692. The molecule has 1 aliphatic rings. The molecule has 1 aromatic heterocycles. The van der Waals surface area contributed by atoms with E-state index in [1.54, 1.807) is 0 Å². The molecule has 1 unspecified atom stereocenters. The van der Waals surface area contributed by atoms with E-state index >= 15 is 0 Å². The van der Waals surface area contributed by atoms with Crippen molar-refractivity contribution >= 4 is 11.6 Å². The third kappa shape index (κ3) is 3.08. The Hall–Kier alpha value is -1.09. The number of aromatic nitrogens is 2. The minimum Gasteiger partial charge on any atom is -0.343 e. The third-order valence-corrected chi connectivity index (χ3v) is 3.93. The van der Waals surface area contributed by atoms with E-state index in [0.717, 1.165) is 37.7 Å². The van der Waals surface area contributed by atoms with Gasteiger partial charge in [-0.1, -0.05) is 11.6 Å². The van der Waals surface area contributed by atoms with Crippen molar-refractivity contribution in [3.8, 4) is 6.07 Å². The molecule has 0 spiro atoms. The van der Waals surface area contributed by atoms with Crippen molar-refractivity contribution in [1.82, 2.24) is 19.8 Å². The molecule has 19 heavy (non-hydrogen) atoms. The first-order valence-electron chi connectivity index (χ1n) is 6.62. The monoisotopic (exact) mass is 281 g/mol. The number of hydrogen-bond acceptors (Lipinski definition) is 4. The molecule has 1 atom stereocenters. The minimum atomic E-state index is -0.331. The normalized spacial score (nSPS) is 19.6. The molecule has 0 bridgehead atoms. The largest absolute Gasteiger partial charge is 0.343 e. The Labute approximate surface area is 119 Å². The van der Waals surface area contributed by atoms with Gasteiger partial charge in [-0.3, -0.25) is 9.80 Å². The molecule has 0 radical (unpaired) electrons. The quantitative estimate of drug-likeness (QED) is 0.920. The number of nitriles is 1. The van der Waals surface area contributed by atoms with Crippen LogP contribution in [-0.2, 0) is 0 Å². The first kappa shape index (κ1) is 14.3. The fourth-order valence-electron chi connectivity index (χ4n) is 2.50. The van der Waals surface area contributed by atoms with E-state index in [9.17, 15) is 5.26 Å². The van der Waals surface area contributed by atoms with Crippen LogP contribution in [0.4, 0.5) is 0 Å². The van der Waals surface area contributed by atoms with Crippen molar-refractivity contribution in [3.63, 3.8) is 0 Å². The minimum absolute atomic E-state index is 0.331. The second kappa shape index (κ2) is 5.91. The predicted molar refractivity (Wildman–Crippen MR) is 75.0 cm³/mol. The standard InChI is InChI=1S/C13H20ClN5/c1-9(2)18-4-6-19(7-5-18)11(8-15)12-13(14)17-10(3)16-12/h9,11H,4-7H2,1-3H3,(H,16,17). The summed E-state index contributed by atoms with van der Waals surface area (Å²) in [5, 5.41) is 9.84. The third-order valence-electron chi connectivity index (χ3n) is 3.64. The van der Waals surface area contributed by atoms with Gasteiger partial charge in [-0.05, 0) is 20.8 Å². The smallest absolute Gasteiger partial charge is 0.153 e. The van der Waals surface area contributed by atoms with Crippen LogP contribution in [0.3, 0.4) is 0 Å². The fourth-order valence-corrected chi connectivity index (χ4v) is 2.78. The zero-order valence-corrected chi connectivity index (χ0v) is 12.4. The molecule has 1 aliphatic heterocycles. The lowest BCUT2D eigenvalue weighted by Gasteiger charge is -2.38. The summed E-state index contributed by atoms with van der Waals surface area (Å²) in [6, 6.07) is 2.56. The number of halogens is 1. The van der Waals surface area contributed by atoms with Crippen LogP contribution < -0.4 is 0 Å². The van der Waals surface area contributed by atoms with Crippen LogP contribution in [0.1, 0.15) is 31.4 Å². The highest BCUT2D eigenvalue weighted by Gasteiger charge is 2.28. The number of H-pyrrole nitrogens is 1. The Morgan fingerprint density at radius 2 is 1.84 bits per heavy atom. The molecule has 6 heteroatoms.